The van der Waals surface area contributed by atoms with Gasteiger partial charge in [-0.2, -0.15) is 0 Å². The Morgan fingerprint density at radius 1 is 1.00 bits per heavy atom. The maximum atomic E-state index is 12.8. The van der Waals surface area contributed by atoms with Gasteiger partial charge in [-0.1, -0.05) is 35.4 Å². The summed E-state index contributed by atoms with van der Waals surface area (Å²) in [7, 11) is 0. The van der Waals surface area contributed by atoms with Crippen LogP contribution in [-0.2, 0) is 23.3 Å². The molecule has 0 aliphatic rings. The Kier molecular flexibility index (Phi) is 5.62. The predicted molar refractivity (Wildman–Crippen MR) is 106 cm³/mol. The molecule has 3 rings (SSSR count). The number of pyridine rings is 2. The summed E-state index contributed by atoms with van der Waals surface area (Å²) in [5.74, 6) is -0.409. The molecule has 3 N–H and O–H groups in total. The Balaban J connectivity index is 2.05. The van der Waals surface area contributed by atoms with Crippen molar-refractivity contribution >= 4 is 5.91 Å². The second-order valence-corrected chi connectivity index (χ2v) is 6.89. The van der Waals surface area contributed by atoms with Crippen LogP contribution in [0.4, 0.5) is 0 Å². The molecular weight excluding hydrogens is 336 g/mol. The number of nitrogens with zero attached hydrogens (tertiary/aromatic N) is 2. The van der Waals surface area contributed by atoms with E-state index in [9.17, 15) is 4.79 Å². The summed E-state index contributed by atoms with van der Waals surface area (Å²) in [6, 6.07) is 13.8. The van der Waals surface area contributed by atoms with Crippen molar-refractivity contribution in [1.82, 2.24) is 15.3 Å². The zero-order valence-electron chi connectivity index (χ0n) is 15.6. The van der Waals surface area contributed by atoms with E-state index in [4.69, 9.17) is 5.73 Å². The molecule has 1 aromatic carbocycles. The molecule has 2 heterocycles. The van der Waals surface area contributed by atoms with Crippen LogP contribution in [0.5, 0.6) is 0 Å². The quantitative estimate of drug-likeness (QED) is 0.679. The zero-order valence-corrected chi connectivity index (χ0v) is 15.6. The smallest absolute Gasteiger partial charge is 0.242 e. The fourth-order valence-corrected chi connectivity index (χ4v) is 3.37. The van der Waals surface area contributed by atoms with Crippen molar-refractivity contribution in [3.05, 3.63) is 95.1 Å². The summed E-state index contributed by atoms with van der Waals surface area (Å²) < 4.78 is 0. The van der Waals surface area contributed by atoms with Crippen LogP contribution in [0.3, 0.4) is 0 Å². The van der Waals surface area contributed by atoms with Gasteiger partial charge in [-0.15, -0.1) is 0 Å². The van der Waals surface area contributed by atoms with Gasteiger partial charge < -0.3 is 5.73 Å². The van der Waals surface area contributed by atoms with Gasteiger partial charge in [-0.05, 0) is 48.7 Å². The zero-order chi connectivity index (χ0) is 19.3. The van der Waals surface area contributed by atoms with E-state index in [-0.39, 0.29) is 0 Å². The first-order valence-electron chi connectivity index (χ1n) is 8.91. The molecule has 0 fully saturated rings. The van der Waals surface area contributed by atoms with Crippen LogP contribution in [0, 0.1) is 13.8 Å². The van der Waals surface area contributed by atoms with Crippen LogP contribution in [0.2, 0.25) is 0 Å². The second kappa shape index (κ2) is 8.10. The van der Waals surface area contributed by atoms with Crippen LogP contribution < -0.4 is 11.1 Å². The molecule has 138 valence electrons. The Labute approximate surface area is 159 Å². The molecule has 5 heteroatoms. The summed E-state index contributed by atoms with van der Waals surface area (Å²) in [4.78, 5) is 21.0. The normalized spacial score (nSPS) is 13.1. The summed E-state index contributed by atoms with van der Waals surface area (Å²) in [5.41, 5.74) is 9.98. The summed E-state index contributed by atoms with van der Waals surface area (Å²) in [6.45, 7) is 4.53. The maximum Gasteiger partial charge on any atom is 0.242 e. The highest BCUT2D eigenvalue weighted by molar-refractivity contribution is 5.86. The fraction of sp³-hybridized carbons (Fsp3) is 0.227. The van der Waals surface area contributed by atoms with E-state index in [1.165, 1.54) is 0 Å². The Hall–Kier alpha value is -3.05. The third-order valence-corrected chi connectivity index (χ3v) is 4.67. The number of carbonyl (C=O) groups is 1. The lowest BCUT2D eigenvalue weighted by atomic mass is 9.81. The molecule has 0 bridgehead atoms. The van der Waals surface area contributed by atoms with E-state index in [0.717, 1.165) is 27.8 Å². The minimum absolute atomic E-state index is 0.409. The van der Waals surface area contributed by atoms with Crippen molar-refractivity contribution in [2.45, 2.75) is 32.4 Å². The lowest BCUT2D eigenvalue weighted by Gasteiger charge is -2.33. The van der Waals surface area contributed by atoms with Crippen LogP contribution in [-0.4, -0.2) is 15.9 Å². The summed E-state index contributed by atoms with van der Waals surface area (Å²) in [6.07, 6.45) is 7.40. The summed E-state index contributed by atoms with van der Waals surface area (Å²) in [5, 5.41) is 3.43. The number of nitrogens with two attached hydrogens (primary N) is 1. The third kappa shape index (κ3) is 4.38. The molecule has 1 atom stereocenters. The second-order valence-electron chi connectivity index (χ2n) is 6.89. The molecule has 0 spiro atoms. The van der Waals surface area contributed by atoms with Crippen molar-refractivity contribution < 1.29 is 4.79 Å². The van der Waals surface area contributed by atoms with Gasteiger partial charge >= 0.3 is 0 Å². The highest BCUT2D eigenvalue weighted by atomic mass is 16.1. The Morgan fingerprint density at radius 2 is 1.70 bits per heavy atom. The van der Waals surface area contributed by atoms with Crippen molar-refractivity contribution in [3.8, 4) is 0 Å². The molecule has 5 nitrogen and oxygen atoms in total. The van der Waals surface area contributed by atoms with Gasteiger partial charge in [0.05, 0.1) is 0 Å². The SMILES string of the molecule is Cc1cc(C)cc(C(Cc2ccncc2)(NCc2cccnc2)C(N)=O)c1. The predicted octanol–water partition coefficient (Wildman–Crippen LogP) is 2.81. The number of hydrogen-bond donors (Lipinski definition) is 2. The third-order valence-electron chi connectivity index (χ3n) is 4.67. The molecule has 0 aliphatic heterocycles. The van der Waals surface area contributed by atoms with Crippen LogP contribution in [0.15, 0.2) is 67.3 Å². The van der Waals surface area contributed by atoms with Crippen LogP contribution >= 0.6 is 0 Å². The number of carbonyl (C=O) groups excluding carboxylic acids is 1. The van der Waals surface area contributed by atoms with Gasteiger partial charge in [-0.25, -0.2) is 0 Å². The monoisotopic (exact) mass is 360 g/mol. The highest BCUT2D eigenvalue weighted by Gasteiger charge is 2.38. The number of primary amides is 1. The van der Waals surface area contributed by atoms with E-state index >= 15 is 0 Å². The van der Waals surface area contributed by atoms with Gasteiger partial charge in [0.25, 0.3) is 0 Å². The van der Waals surface area contributed by atoms with E-state index in [2.05, 4.69) is 21.4 Å². The van der Waals surface area contributed by atoms with Crippen molar-refractivity contribution in [2.75, 3.05) is 0 Å². The molecule has 0 saturated heterocycles. The van der Waals surface area contributed by atoms with E-state index in [0.29, 0.717) is 13.0 Å². The Bertz CT molecular complexity index is 892. The lowest BCUT2D eigenvalue weighted by Crippen LogP contribution is -2.54. The lowest BCUT2D eigenvalue weighted by molar-refractivity contribution is -0.125. The van der Waals surface area contributed by atoms with Crippen molar-refractivity contribution in [3.63, 3.8) is 0 Å². The number of aryl methyl sites for hydroxylation is 2. The molecule has 0 saturated carbocycles. The minimum atomic E-state index is -1.03. The topological polar surface area (TPSA) is 80.9 Å². The van der Waals surface area contributed by atoms with Crippen LogP contribution in [0.25, 0.3) is 0 Å². The average molecular weight is 360 g/mol. The number of amides is 1. The molecule has 3 aromatic rings. The van der Waals surface area contributed by atoms with E-state index in [1.54, 1.807) is 24.8 Å². The summed E-state index contributed by atoms with van der Waals surface area (Å²) >= 11 is 0. The van der Waals surface area contributed by atoms with Gasteiger partial charge in [0, 0.05) is 37.8 Å². The van der Waals surface area contributed by atoms with Crippen molar-refractivity contribution in [1.29, 1.82) is 0 Å². The standard InChI is InChI=1S/C22H24N4O/c1-16-10-17(2)12-20(11-16)22(21(23)27,13-18-5-8-24-9-6-18)26-15-19-4-3-7-25-14-19/h3-12,14,26H,13,15H2,1-2H3,(H2,23,27). The average Bonchev–Trinajstić information content (AvgIpc) is 2.66. The molecular formula is C22H24N4O. The molecule has 0 aliphatic carbocycles. The first-order chi connectivity index (χ1) is 13.0. The molecule has 27 heavy (non-hydrogen) atoms. The molecule has 2 aromatic heterocycles. The number of nitrogens with one attached hydrogen (secondary N) is 1. The van der Waals surface area contributed by atoms with E-state index < -0.39 is 11.4 Å². The number of hydrogen-bond acceptors (Lipinski definition) is 4. The van der Waals surface area contributed by atoms with Crippen molar-refractivity contribution in [2.24, 2.45) is 5.73 Å². The molecule has 1 unspecified atom stereocenters. The first-order valence-corrected chi connectivity index (χ1v) is 8.91. The maximum absolute atomic E-state index is 12.8. The van der Waals surface area contributed by atoms with Gasteiger partial charge in [0.15, 0.2) is 0 Å². The molecule has 1 amide bonds. The molecule has 0 radical (unpaired) electrons. The van der Waals surface area contributed by atoms with Gasteiger partial charge in [0.1, 0.15) is 5.54 Å². The number of rotatable bonds is 7. The first kappa shape index (κ1) is 18.7. The van der Waals surface area contributed by atoms with E-state index in [1.807, 2.05) is 50.2 Å². The fourth-order valence-electron chi connectivity index (χ4n) is 3.37. The Morgan fingerprint density at radius 3 is 2.30 bits per heavy atom. The highest BCUT2D eigenvalue weighted by Crippen LogP contribution is 2.28. The minimum Gasteiger partial charge on any atom is -0.368 e. The number of benzene rings is 1. The van der Waals surface area contributed by atoms with Gasteiger partial charge in [0.2, 0.25) is 5.91 Å². The van der Waals surface area contributed by atoms with Crippen LogP contribution in [0.1, 0.15) is 27.8 Å². The largest absolute Gasteiger partial charge is 0.368 e. The van der Waals surface area contributed by atoms with Gasteiger partial charge in [-0.3, -0.25) is 20.1 Å². The number of aromatic nitrogens is 2.